The molecule has 0 atom stereocenters. The predicted octanol–water partition coefficient (Wildman–Crippen LogP) is 4.19. The highest BCUT2D eigenvalue weighted by atomic mass is 32.1. The average molecular weight is 505 g/mol. The Morgan fingerprint density at radius 1 is 1.17 bits per heavy atom. The minimum atomic E-state index is -0.335. The minimum absolute atomic E-state index is 0.307. The standard InChI is InChI=1S/C26H25FN6O2S/c1-34-16-13-32(14-16)12-15-10-18-22-23(36-26(18)29-11-15)25(33-6-8-35-9-7-33)31-24(30-22)21-17-4-5-28-20(17)3-2-19(21)27/h2-5,10-11,16,28H,6-9,12-14H2,1H3. The van der Waals surface area contributed by atoms with Gasteiger partial charge in [-0.25, -0.2) is 19.3 Å². The third-order valence-corrected chi connectivity index (χ3v) is 8.19. The number of methoxy groups -OCH3 is 1. The summed E-state index contributed by atoms with van der Waals surface area (Å²) in [5, 5.41) is 1.75. The SMILES string of the molecule is COC1CN(Cc2cnc3sc4c(N5CCOCC5)nc(-c5c(F)ccc6[nH]ccc56)nc4c3c2)C1. The number of anilines is 1. The molecule has 7 rings (SSSR count). The fourth-order valence-electron chi connectivity index (χ4n) is 5.14. The summed E-state index contributed by atoms with van der Waals surface area (Å²) in [6.07, 6.45) is 4.07. The minimum Gasteiger partial charge on any atom is -0.379 e. The number of aromatic amines is 1. The number of morpholine rings is 1. The first kappa shape index (κ1) is 22.1. The molecule has 1 aromatic carbocycles. The predicted molar refractivity (Wildman–Crippen MR) is 139 cm³/mol. The third kappa shape index (κ3) is 3.64. The van der Waals surface area contributed by atoms with Gasteiger partial charge in [0.25, 0.3) is 0 Å². The van der Waals surface area contributed by atoms with Gasteiger partial charge < -0.3 is 19.4 Å². The summed E-state index contributed by atoms with van der Waals surface area (Å²) in [5.41, 5.74) is 3.22. The summed E-state index contributed by atoms with van der Waals surface area (Å²) in [7, 11) is 1.76. The van der Waals surface area contributed by atoms with E-state index in [1.54, 1.807) is 24.5 Å². The summed E-state index contributed by atoms with van der Waals surface area (Å²) < 4.78 is 27.2. The van der Waals surface area contributed by atoms with Crippen molar-refractivity contribution in [2.24, 2.45) is 0 Å². The van der Waals surface area contributed by atoms with Crippen LogP contribution in [-0.2, 0) is 16.0 Å². The van der Waals surface area contributed by atoms with E-state index in [1.807, 2.05) is 18.5 Å². The number of H-pyrrole nitrogens is 1. The van der Waals surface area contributed by atoms with Crippen LogP contribution in [0.3, 0.4) is 0 Å². The van der Waals surface area contributed by atoms with E-state index in [0.717, 1.165) is 75.4 Å². The number of fused-ring (bicyclic) bond motifs is 4. The van der Waals surface area contributed by atoms with Crippen molar-refractivity contribution in [2.45, 2.75) is 12.6 Å². The van der Waals surface area contributed by atoms with E-state index in [1.165, 1.54) is 6.07 Å². The van der Waals surface area contributed by atoms with Crippen molar-refractivity contribution >= 4 is 48.5 Å². The zero-order valence-electron chi connectivity index (χ0n) is 19.8. The van der Waals surface area contributed by atoms with Crippen LogP contribution in [0.5, 0.6) is 0 Å². The lowest BCUT2D eigenvalue weighted by Gasteiger charge is -2.38. The Labute approximate surface area is 210 Å². The van der Waals surface area contributed by atoms with Crippen molar-refractivity contribution in [3.8, 4) is 11.4 Å². The van der Waals surface area contributed by atoms with Crippen LogP contribution >= 0.6 is 11.3 Å². The number of nitrogens with zero attached hydrogens (tertiary/aromatic N) is 5. The van der Waals surface area contributed by atoms with Gasteiger partial charge in [0.15, 0.2) is 11.6 Å². The van der Waals surface area contributed by atoms with Gasteiger partial charge in [-0.3, -0.25) is 4.90 Å². The summed E-state index contributed by atoms with van der Waals surface area (Å²) >= 11 is 1.59. The number of hydrogen-bond donors (Lipinski definition) is 1. The van der Waals surface area contributed by atoms with Crippen molar-refractivity contribution in [2.75, 3.05) is 51.4 Å². The summed E-state index contributed by atoms with van der Waals surface area (Å²) in [6, 6.07) is 7.27. The van der Waals surface area contributed by atoms with Crippen LogP contribution in [0, 0.1) is 5.82 Å². The molecule has 0 radical (unpaired) electrons. The van der Waals surface area contributed by atoms with E-state index >= 15 is 4.39 Å². The number of ether oxygens (including phenoxy) is 2. The van der Waals surface area contributed by atoms with Gasteiger partial charge in [-0.1, -0.05) is 0 Å². The van der Waals surface area contributed by atoms with E-state index in [4.69, 9.17) is 24.4 Å². The highest BCUT2D eigenvalue weighted by Gasteiger charge is 2.27. The molecule has 2 aliphatic heterocycles. The zero-order valence-corrected chi connectivity index (χ0v) is 20.6. The molecule has 0 unspecified atom stereocenters. The fourth-order valence-corrected chi connectivity index (χ4v) is 6.22. The van der Waals surface area contributed by atoms with Crippen molar-refractivity contribution in [3.05, 3.63) is 48.0 Å². The first-order valence-electron chi connectivity index (χ1n) is 12.1. The Morgan fingerprint density at radius 2 is 2.03 bits per heavy atom. The Morgan fingerprint density at radius 3 is 2.86 bits per heavy atom. The van der Waals surface area contributed by atoms with Gasteiger partial charge >= 0.3 is 0 Å². The van der Waals surface area contributed by atoms with Crippen molar-refractivity contribution < 1.29 is 13.9 Å². The number of pyridine rings is 1. The maximum atomic E-state index is 15.3. The van der Waals surface area contributed by atoms with E-state index in [0.29, 0.717) is 30.7 Å². The second-order valence-corrected chi connectivity index (χ2v) is 10.4. The molecule has 2 fully saturated rings. The van der Waals surface area contributed by atoms with E-state index in [9.17, 15) is 0 Å². The van der Waals surface area contributed by atoms with Gasteiger partial charge in [-0.05, 0) is 29.8 Å². The highest BCUT2D eigenvalue weighted by molar-refractivity contribution is 7.25. The molecule has 0 amide bonds. The van der Waals surface area contributed by atoms with Crippen LogP contribution in [0.1, 0.15) is 5.56 Å². The number of thiophene rings is 1. The lowest BCUT2D eigenvalue weighted by atomic mass is 10.1. The molecule has 0 bridgehead atoms. The lowest BCUT2D eigenvalue weighted by Crippen LogP contribution is -2.50. The molecule has 10 heteroatoms. The maximum absolute atomic E-state index is 15.3. The molecule has 184 valence electrons. The van der Waals surface area contributed by atoms with E-state index in [2.05, 4.69) is 20.9 Å². The molecule has 0 spiro atoms. The second-order valence-electron chi connectivity index (χ2n) is 9.36. The molecule has 2 saturated heterocycles. The third-order valence-electron chi connectivity index (χ3n) is 7.09. The molecule has 8 nitrogen and oxygen atoms in total. The zero-order chi connectivity index (χ0) is 24.2. The number of hydrogen-bond acceptors (Lipinski definition) is 8. The van der Waals surface area contributed by atoms with E-state index < -0.39 is 0 Å². The lowest BCUT2D eigenvalue weighted by molar-refractivity contribution is -0.0334. The molecule has 6 heterocycles. The molecule has 0 saturated carbocycles. The van der Waals surface area contributed by atoms with Crippen molar-refractivity contribution in [1.29, 1.82) is 0 Å². The van der Waals surface area contributed by atoms with Gasteiger partial charge in [0.2, 0.25) is 0 Å². The molecule has 2 aliphatic rings. The Bertz CT molecular complexity index is 1590. The van der Waals surface area contributed by atoms with Gasteiger partial charge in [0.1, 0.15) is 10.6 Å². The van der Waals surface area contributed by atoms with E-state index in [-0.39, 0.29) is 5.82 Å². The van der Waals surface area contributed by atoms with Crippen molar-refractivity contribution in [3.63, 3.8) is 0 Å². The number of rotatable bonds is 5. The molecule has 36 heavy (non-hydrogen) atoms. The molecule has 5 aromatic rings. The number of likely N-dealkylation sites (tertiary alicyclic amines) is 1. The van der Waals surface area contributed by atoms with Gasteiger partial charge in [0, 0.05) is 68.5 Å². The number of benzene rings is 1. The smallest absolute Gasteiger partial charge is 0.165 e. The Hall–Kier alpha value is -3.18. The average Bonchev–Trinajstić information content (AvgIpc) is 3.50. The Balaban J connectivity index is 1.41. The quantitative estimate of drug-likeness (QED) is 0.384. The van der Waals surface area contributed by atoms with Gasteiger partial charge in [-0.15, -0.1) is 11.3 Å². The van der Waals surface area contributed by atoms with Crippen LogP contribution in [-0.4, -0.2) is 77.4 Å². The summed E-state index contributed by atoms with van der Waals surface area (Å²) in [6.45, 7) is 5.38. The number of aromatic nitrogens is 4. The van der Waals surface area contributed by atoms with Crippen molar-refractivity contribution in [1.82, 2.24) is 24.8 Å². The molecular weight excluding hydrogens is 479 g/mol. The second kappa shape index (κ2) is 8.74. The topological polar surface area (TPSA) is 79.4 Å². The van der Waals surface area contributed by atoms with Gasteiger partial charge in [-0.2, -0.15) is 0 Å². The van der Waals surface area contributed by atoms with Crippen LogP contribution in [0.15, 0.2) is 36.7 Å². The van der Waals surface area contributed by atoms with Crippen LogP contribution in [0.4, 0.5) is 10.2 Å². The summed E-state index contributed by atoms with van der Waals surface area (Å²) in [5.74, 6) is 0.876. The first-order valence-corrected chi connectivity index (χ1v) is 12.9. The fraction of sp³-hybridized carbons (Fsp3) is 0.346. The maximum Gasteiger partial charge on any atom is 0.165 e. The Kier molecular flexibility index (Phi) is 5.35. The largest absolute Gasteiger partial charge is 0.379 e. The normalized spacial score (nSPS) is 17.4. The van der Waals surface area contributed by atoms with Crippen LogP contribution in [0.25, 0.3) is 42.7 Å². The van der Waals surface area contributed by atoms with Crippen LogP contribution < -0.4 is 4.90 Å². The van der Waals surface area contributed by atoms with Crippen LogP contribution in [0.2, 0.25) is 0 Å². The molecule has 0 aliphatic carbocycles. The molecule has 4 aromatic heterocycles. The highest BCUT2D eigenvalue weighted by Crippen LogP contribution is 2.40. The molecular formula is C26H25FN6O2S. The first-order chi connectivity index (χ1) is 17.7. The number of halogens is 1. The van der Waals surface area contributed by atoms with Gasteiger partial charge in [0.05, 0.1) is 35.1 Å². The summed E-state index contributed by atoms with van der Waals surface area (Å²) in [4.78, 5) is 23.4. The number of nitrogens with one attached hydrogen (secondary N) is 1. The monoisotopic (exact) mass is 504 g/mol. The molecule has 1 N–H and O–H groups in total.